The van der Waals surface area contributed by atoms with Crippen LogP contribution in [0.1, 0.15) is 16.1 Å². The second kappa shape index (κ2) is 4.73. The Balaban J connectivity index is 2.40. The predicted molar refractivity (Wildman–Crippen MR) is 68.2 cm³/mol. The van der Waals surface area contributed by atoms with Gasteiger partial charge in [0.25, 0.3) is 0 Å². The van der Waals surface area contributed by atoms with Gasteiger partial charge in [-0.2, -0.15) is 0 Å². The molecule has 3 N–H and O–H groups in total. The normalized spacial score (nSPS) is 10.3. The molecule has 1 heterocycles. The molecule has 0 saturated heterocycles. The number of nitrogens with two attached hydrogens (primary N) is 1. The maximum atomic E-state index is 11.3. The van der Waals surface area contributed by atoms with Crippen LogP contribution < -0.4 is 11.3 Å². The molecule has 0 radical (unpaired) electrons. The van der Waals surface area contributed by atoms with Gasteiger partial charge in [0.2, 0.25) is 0 Å². The number of hydrazine groups is 1. The van der Waals surface area contributed by atoms with Crippen LogP contribution in [-0.4, -0.2) is 5.91 Å². The maximum absolute atomic E-state index is 11.3. The Kier molecular flexibility index (Phi) is 3.31. The van der Waals surface area contributed by atoms with E-state index in [1.807, 2.05) is 30.5 Å². The van der Waals surface area contributed by atoms with Crippen molar-refractivity contribution >= 4 is 21.8 Å². The van der Waals surface area contributed by atoms with Gasteiger partial charge in [-0.15, -0.1) is 0 Å². The maximum Gasteiger partial charge on any atom is 0.300 e. The van der Waals surface area contributed by atoms with E-state index in [9.17, 15) is 4.79 Å². The van der Waals surface area contributed by atoms with E-state index in [1.165, 1.54) is 0 Å². The molecule has 1 aromatic carbocycles. The summed E-state index contributed by atoms with van der Waals surface area (Å²) in [5.41, 5.74) is 4.07. The second-order valence-corrected chi connectivity index (χ2v) is 4.47. The molecular weight excluding hydrogens is 284 g/mol. The molecule has 0 spiro atoms. The number of rotatable bonds is 2. The first-order valence-corrected chi connectivity index (χ1v) is 5.78. The van der Waals surface area contributed by atoms with Gasteiger partial charge in [-0.05, 0) is 36.8 Å². The number of furan rings is 1. The second-order valence-electron chi connectivity index (χ2n) is 3.62. The number of benzene rings is 1. The van der Waals surface area contributed by atoms with E-state index in [4.69, 9.17) is 10.3 Å². The van der Waals surface area contributed by atoms with Crippen LogP contribution in [0.5, 0.6) is 0 Å². The molecule has 0 saturated carbocycles. The average Bonchev–Trinajstić information content (AvgIpc) is 2.77. The van der Waals surface area contributed by atoms with Gasteiger partial charge in [-0.3, -0.25) is 10.2 Å². The summed E-state index contributed by atoms with van der Waals surface area (Å²) < 4.78 is 6.34. The van der Waals surface area contributed by atoms with Gasteiger partial charge in [-0.1, -0.05) is 22.0 Å². The fraction of sp³-hybridized carbons (Fsp3) is 0.0833. The van der Waals surface area contributed by atoms with E-state index in [-0.39, 0.29) is 5.76 Å². The highest BCUT2D eigenvalue weighted by atomic mass is 79.9. The van der Waals surface area contributed by atoms with Crippen molar-refractivity contribution in [2.75, 3.05) is 0 Å². The Labute approximate surface area is 107 Å². The SMILES string of the molecule is Cc1ccc(-c2ccc(C(=O)NN)o2)c(Br)c1. The van der Waals surface area contributed by atoms with Crippen molar-refractivity contribution in [3.8, 4) is 11.3 Å². The van der Waals surface area contributed by atoms with E-state index >= 15 is 0 Å². The van der Waals surface area contributed by atoms with Crippen LogP contribution in [0.3, 0.4) is 0 Å². The Hall–Kier alpha value is -1.59. The van der Waals surface area contributed by atoms with Gasteiger partial charge in [0.1, 0.15) is 5.76 Å². The molecule has 88 valence electrons. The summed E-state index contributed by atoms with van der Waals surface area (Å²) in [4.78, 5) is 11.3. The van der Waals surface area contributed by atoms with Gasteiger partial charge < -0.3 is 4.42 Å². The Morgan fingerprint density at radius 2 is 2.12 bits per heavy atom. The molecule has 0 bridgehead atoms. The van der Waals surface area contributed by atoms with E-state index in [2.05, 4.69) is 15.9 Å². The monoisotopic (exact) mass is 294 g/mol. The fourth-order valence-electron chi connectivity index (χ4n) is 1.50. The third-order valence-electron chi connectivity index (χ3n) is 2.35. The smallest absolute Gasteiger partial charge is 0.300 e. The molecule has 17 heavy (non-hydrogen) atoms. The van der Waals surface area contributed by atoms with Crippen LogP contribution in [0.25, 0.3) is 11.3 Å². The van der Waals surface area contributed by atoms with Gasteiger partial charge in [-0.25, -0.2) is 5.84 Å². The number of amides is 1. The third-order valence-corrected chi connectivity index (χ3v) is 3.01. The van der Waals surface area contributed by atoms with Crippen LogP contribution in [0.2, 0.25) is 0 Å². The topological polar surface area (TPSA) is 68.3 Å². The number of aryl methyl sites for hydroxylation is 1. The molecular formula is C12H11BrN2O2. The summed E-state index contributed by atoms with van der Waals surface area (Å²) in [6, 6.07) is 9.22. The lowest BCUT2D eigenvalue weighted by molar-refractivity contribution is 0.0927. The molecule has 0 aliphatic rings. The average molecular weight is 295 g/mol. The van der Waals surface area contributed by atoms with Crippen LogP contribution in [0.4, 0.5) is 0 Å². The van der Waals surface area contributed by atoms with E-state index in [0.717, 1.165) is 15.6 Å². The highest BCUT2D eigenvalue weighted by molar-refractivity contribution is 9.10. The summed E-state index contributed by atoms with van der Waals surface area (Å²) in [6.45, 7) is 2.00. The standard InChI is InChI=1S/C12H11BrN2O2/c1-7-2-3-8(9(13)6-7)10-4-5-11(17-10)12(16)15-14/h2-6H,14H2,1H3,(H,15,16). The van der Waals surface area contributed by atoms with Crippen LogP contribution in [0, 0.1) is 6.92 Å². The van der Waals surface area contributed by atoms with Crippen molar-refractivity contribution in [3.05, 3.63) is 46.1 Å². The number of carbonyl (C=O) groups excluding carboxylic acids is 1. The lowest BCUT2D eigenvalue weighted by atomic mass is 10.1. The first kappa shape index (κ1) is 11.9. The van der Waals surface area contributed by atoms with Crippen LogP contribution in [0.15, 0.2) is 39.2 Å². The Morgan fingerprint density at radius 1 is 1.35 bits per heavy atom. The van der Waals surface area contributed by atoms with Gasteiger partial charge in [0, 0.05) is 10.0 Å². The number of hydrogen-bond acceptors (Lipinski definition) is 3. The molecule has 5 heteroatoms. The first-order valence-electron chi connectivity index (χ1n) is 4.99. The summed E-state index contributed by atoms with van der Waals surface area (Å²) in [5, 5.41) is 0. The molecule has 0 aliphatic carbocycles. The molecule has 2 aromatic rings. The van der Waals surface area contributed by atoms with Gasteiger partial charge in [0.15, 0.2) is 5.76 Å². The molecule has 4 nitrogen and oxygen atoms in total. The number of hydrogen-bond donors (Lipinski definition) is 2. The molecule has 2 rings (SSSR count). The van der Waals surface area contributed by atoms with Crippen LogP contribution >= 0.6 is 15.9 Å². The zero-order valence-electron chi connectivity index (χ0n) is 9.16. The minimum atomic E-state index is -0.445. The molecule has 0 aliphatic heterocycles. The summed E-state index contributed by atoms with van der Waals surface area (Å²) in [5.74, 6) is 5.40. The van der Waals surface area contributed by atoms with Crippen molar-refractivity contribution in [2.45, 2.75) is 6.92 Å². The van der Waals surface area contributed by atoms with Crippen LogP contribution in [-0.2, 0) is 0 Å². The zero-order valence-corrected chi connectivity index (χ0v) is 10.7. The third kappa shape index (κ3) is 2.40. The lowest BCUT2D eigenvalue weighted by Crippen LogP contribution is -2.29. The van der Waals surface area contributed by atoms with Crippen molar-refractivity contribution in [2.24, 2.45) is 5.84 Å². The quantitative estimate of drug-likeness (QED) is 0.508. The van der Waals surface area contributed by atoms with E-state index in [0.29, 0.717) is 5.76 Å². The minimum Gasteiger partial charge on any atom is -0.451 e. The Bertz CT molecular complexity index is 563. The van der Waals surface area contributed by atoms with Crippen molar-refractivity contribution < 1.29 is 9.21 Å². The minimum absolute atomic E-state index is 0.190. The summed E-state index contributed by atoms with van der Waals surface area (Å²) >= 11 is 3.46. The predicted octanol–water partition coefficient (Wildman–Crippen LogP) is 2.62. The zero-order chi connectivity index (χ0) is 12.4. The highest BCUT2D eigenvalue weighted by Crippen LogP contribution is 2.30. The summed E-state index contributed by atoms with van der Waals surface area (Å²) in [7, 11) is 0. The van der Waals surface area contributed by atoms with Gasteiger partial charge >= 0.3 is 5.91 Å². The number of halogens is 1. The fourth-order valence-corrected chi connectivity index (χ4v) is 2.18. The largest absolute Gasteiger partial charge is 0.451 e. The highest BCUT2D eigenvalue weighted by Gasteiger charge is 2.12. The van der Waals surface area contributed by atoms with E-state index in [1.54, 1.807) is 12.1 Å². The summed E-state index contributed by atoms with van der Waals surface area (Å²) in [6.07, 6.45) is 0. The molecule has 1 amide bonds. The van der Waals surface area contributed by atoms with E-state index < -0.39 is 5.91 Å². The van der Waals surface area contributed by atoms with Crippen molar-refractivity contribution in [1.29, 1.82) is 0 Å². The van der Waals surface area contributed by atoms with Gasteiger partial charge in [0.05, 0.1) is 0 Å². The van der Waals surface area contributed by atoms with Crippen molar-refractivity contribution in [1.82, 2.24) is 5.43 Å². The number of carbonyl (C=O) groups is 1. The van der Waals surface area contributed by atoms with Crippen molar-refractivity contribution in [3.63, 3.8) is 0 Å². The molecule has 0 fully saturated rings. The number of nitrogens with one attached hydrogen (secondary N) is 1. The molecule has 0 unspecified atom stereocenters. The molecule has 0 atom stereocenters. The lowest BCUT2D eigenvalue weighted by Gasteiger charge is -2.02. The first-order chi connectivity index (χ1) is 8.11. The number of nitrogen functional groups attached to an aromatic ring is 1. The molecule has 1 aromatic heterocycles. The Morgan fingerprint density at radius 3 is 2.76 bits per heavy atom.